The number of hydrogen-bond donors (Lipinski definition) is 1. The number of aromatic nitrogens is 2. The summed E-state index contributed by atoms with van der Waals surface area (Å²) in [4.78, 5) is 11.9. The minimum atomic E-state index is -4.40. The zero-order valence-electron chi connectivity index (χ0n) is 12.0. The largest absolute Gasteiger partial charge is 0.416 e. The molecule has 0 saturated heterocycles. The minimum absolute atomic E-state index is 0.101. The number of amides is 1. The SMILES string of the molecule is CC(C)c1ccc(C(=O)Nc2ccc(C(F)(F)F)cc2)nn1. The Morgan fingerprint density at radius 2 is 1.68 bits per heavy atom. The maximum absolute atomic E-state index is 12.4. The van der Waals surface area contributed by atoms with Gasteiger partial charge in [0.2, 0.25) is 0 Å². The molecule has 0 bridgehead atoms. The Hall–Kier alpha value is -2.44. The summed E-state index contributed by atoms with van der Waals surface area (Å²) >= 11 is 0. The van der Waals surface area contributed by atoms with Crippen LogP contribution in [0.25, 0.3) is 0 Å². The first-order valence-electron chi connectivity index (χ1n) is 6.59. The molecule has 0 fully saturated rings. The standard InChI is InChI=1S/C15H14F3N3O/c1-9(2)12-7-8-13(21-20-12)14(22)19-11-5-3-10(4-6-11)15(16,17)18/h3-9H,1-2H3,(H,19,22). The summed E-state index contributed by atoms with van der Waals surface area (Å²) in [6.45, 7) is 3.90. The van der Waals surface area contributed by atoms with Crippen LogP contribution in [0.2, 0.25) is 0 Å². The Balaban J connectivity index is 2.08. The van der Waals surface area contributed by atoms with Crippen molar-refractivity contribution in [3.05, 3.63) is 53.3 Å². The predicted molar refractivity (Wildman–Crippen MR) is 75.5 cm³/mol. The van der Waals surface area contributed by atoms with Crippen molar-refractivity contribution in [2.45, 2.75) is 25.9 Å². The molecule has 1 heterocycles. The molecule has 4 nitrogen and oxygen atoms in total. The summed E-state index contributed by atoms with van der Waals surface area (Å²) in [6.07, 6.45) is -4.40. The van der Waals surface area contributed by atoms with Crippen molar-refractivity contribution < 1.29 is 18.0 Å². The van der Waals surface area contributed by atoms with Crippen molar-refractivity contribution in [1.82, 2.24) is 10.2 Å². The van der Waals surface area contributed by atoms with Crippen molar-refractivity contribution in [2.75, 3.05) is 5.32 Å². The summed E-state index contributed by atoms with van der Waals surface area (Å²) in [5.41, 5.74) is 0.342. The third-order valence-corrected chi connectivity index (χ3v) is 2.98. The number of benzene rings is 1. The number of hydrogen-bond acceptors (Lipinski definition) is 3. The summed E-state index contributed by atoms with van der Waals surface area (Å²) in [5, 5.41) is 10.2. The van der Waals surface area contributed by atoms with Gasteiger partial charge in [-0.25, -0.2) is 0 Å². The van der Waals surface area contributed by atoms with E-state index in [0.29, 0.717) is 0 Å². The Morgan fingerprint density at radius 1 is 1.05 bits per heavy atom. The monoisotopic (exact) mass is 309 g/mol. The second-order valence-corrected chi connectivity index (χ2v) is 5.03. The number of nitrogens with one attached hydrogen (secondary N) is 1. The maximum atomic E-state index is 12.4. The number of nitrogens with zero attached hydrogens (tertiary/aromatic N) is 2. The van der Waals surface area contributed by atoms with E-state index < -0.39 is 17.6 Å². The molecule has 0 spiro atoms. The van der Waals surface area contributed by atoms with Gasteiger partial charge in [-0.3, -0.25) is 4.79 Å². The van der Waals surface area contributed by atoms with E-state index in [0.717, 1.165) is 17.8 Å². The van der Waals surface area contributed by atoms with Gasteiger partial charge in [0.05, 0.1) is 11.3 Å². The average molecular weight is 309 g/mol. The molecule has 0 aliphatic heterocycles. The van der Waals surface area contributed by atoms with Gasteiger partial charge in [-0.2, -0.15) is 18.3 Å². The molecule has 0 radical (unpaired) electrons. The Bertz CT molecular complexity index is 649. The molecular formula is C15H14F3N3O. The van der Waals surface area contributed by atoms with Gasteiger partial charge >= 0.3 is 6.18 Å². The van der Waals surface area contributed by atoms with E-state index in [-0.39, 0.29) is 17.3 Å². The van der Waals surface area contributed by atoms with Crippen LogP contribution in [0.15, 0.2) is 36.4 Å². The molecule has 0 aliphatic carbocycles. The van der Waals surface area contributed by atoms with Gasteiger partial charge < -0.3 is 5.32 Å². The molecule has 1 aromatic carbocycles. The van der Waals surface area contributed by atoms with Crippen LogP contribution >= 0.6 is 0 Å². The molecule has 1 N–H and O–H groups in total. The van der Waals surface area contributed by atoms with Crippen LogP contribution in [0.1, 0.15) is 41.5 Å². The van der Waals surface area contributed by atoms with Crippen molar-refractivity contribution in [3.8, 4) is 0 Å². The fourth-order valence-corrected chi connectivity index (χ4v) is 1.71. The average Bonchev–Trinajstić information content (AvgIpc) is 2.47. The fourth-order valence-electron chi connectivity index (χ4n) is 1.71. The lowest BCUT2D eigenvalue weighted by Gasteiger charge is -2.09. The quantitative estimate of drug-likeness (QED) is 0.936. The molecule has 1 aromatic heterocycles. The fraction of sp³-hybridized carbons (Fsp3) is 0.267. The first kappa shape index (κ1) is 15.9. The summed E-state index contributed by atoms with van der Waals surface area (Å²) in [5.74, 6) is -0.331. The summed E-state index contributed by atoms with van der Waals surface area (Å²) in [6, 6.07) is 7.42. The van der Waals surface area contributed by atoms with Crippen LogP contribution in [0.3, 0.4) is 0 Å². The maximum Gasteiger partial charge on any atom is 0.416 e. The molecule has 1 amide bonds. The van der Waals surface area contributed by atoms with E-state index in [9.17, 15) is 18.0 Å². The third kappa shape index (κ3) is 3.81. The van der Waals surface area contributed by atoms with E-state index in [1.807, 2.05) is 13.8 Å². The van der Waals surface area contributed by atoms with Gasteiger partial charge in [0.15, 0.2) is 5.69 Å². The van der Waals surface area contributed by atoms with Crippen LogP contribution in [-0.4, -0.2) is 16.1 Å². The number of carbonyl (C=O) groups excluding carboxylic acids is 1. The third-order valence-electron chi connectivity index (χ3n) is 2.98. The zero-order chi connectivity index (χ0) is 16.3. The molecule has 0 aliphatic rings. The zero-order valence-corrected chi connectivity index (χ0v) is 12.0. The van der Waals surface area contributed by atoms with Gasteiger partial charge in [-0.15, -0.1) is 5.10 Å². The molecule has 0 unspecified atom stereocenters. The summed E-state index contributed by atoms with van der Waals surface area (Å²) in [7, 11) is 0. The van der Waals surface area contributed by atoms with Gasteiger partial charge in [0.25, 0.3) is 5.91 Å². The van der Waals surface area contributed by atoms with E-state index >= 15 is 0 Å². The number of halogens is 3. The van der Waals surface area contributed by atoms with Crippen molar-refractivity contribution in [2.24, 2.45) is 0 Å². The first-order valence-corrected chi connectivity index (χ1v) is 6.59. The lowest BCUT2D eigenvalue weighted by Crippen LogP contribution is -2.15. The van der Waals surface area contributed by atoms with Gasteiger partial charge in [-0.1, -0.05) is 13.8 Å². The topological polar surface area (TPSA) is 54.9 Å². The lowest BCUT2D eigenvalue weighted by atomic mass is 10.1. The molecule has 0 atom stereocenters. The van der Waals surface area contributed by atoms with Crippen LogP contribution < -0.4 is 5.32 Å². The Kier molecular flexibility index (Phi) is 4.44. The van der Waals surface area contributed by atoms with Gasteiger partial charge in [0.1, 0.15) is 0 Å². The highest BCUT2D eigenvalue weighted by atomic mass is 19.4. The Labute approximate surface area is 125 Å². The predicted octanol–water partition coefficient (Wildman–Crippen LogP) is 3.87. The van der Waals surface area contributed by atoms with Crippen LogP contribution in [0.5, 0.6) is 0 Å². The number of anilines is 1. The molecule has 7 heteroatoms. The highest BCUT2D eigenvalue weighted by molar-refractivity contribution is 6.02. The highest BCUT2D eigenvalue weighted by Gasteiger charge is 2.30. The van der Waals surface area contributed by atoms with E-state index in [4.69, 9.17) is 0 Å². The second-order valence-electron chi connectivity index (χ2n) is 5.03. The smallest absolute Gasteiger partial charge is 0.321 e. The van der Waals surface area contributed by atoms with E-state index in [2.05, 4.69) is 15.5 Å². The Morgan fingerprint density at radius 3 is 2.14 bits per heavy atom. The first-order chi connectivity index (χ1) is 10.3. The van der Waals surface area contributed by atoms with Crippen molar-refractivity contribution >= 4 is 11.6 Å². The lowest BCUT2D eigenvalue weighted by molar-refractivity contribution is -0.137. The van der Waals surface area contributed by atoms with Gasteiger partial charge in [-0.05, 0) is 42.3 Å². The number of rotatable bonds is 3. The van der Waals surface area contributed by atoms with Crippen LogP contribution in [-0.2, 0) is 6.18 Å². The number of carbonyl (C=O) groups is 1. The van der Waals surface area contributed by atoms with Crippen molar-refractivity contribution in [1.29, 1.82) is 0 Å². The minimum Gasteiger partial charge on any atom is -0.321 e. The van der Waals surface area contributed by atoms with Crippen LogP contribution in [0, 0.1) is 0 Å². The normalized spacial score (nSPS) is 11.5. The second kappa shape index (κ2) is 6.13. The van der Waals surface area contributed by atoms with Gasteiger partial charge in [0, 0.05) is 5.69 Å². The molecular weight excluding hydrogens is 295 g/mol. The highest BCUT2D eigenvalue weighted by Crippen LogP contribution is 2.29. The molecule has 2 rings (SSSR count). The molecule has 2 aromatic rings. The number of alkyl halides is 3. The van der Waals surface area contributed by atoms with E-state index in [1.54, 1.807) is 6.07 Å². The molecule has 22 heavy (non-hydrogen) atoms. The molecule has 0 saturated carbocycles. The van der Waals surface area contributed by atoms with Crippen molar-refractivity contribution in [3.63, 3.8) is 0 Å². The van der Waals surface area contributed by atoms with E-state index in [1.165, 1.54) is 18.2 Å². The van der Waals surface area contributed by atoms with Crippen LogP contribution in [0.4, 0.5) is 18.9 Å². The summed E-state index contributed by atoms with van der Waals surface area (Å²) < 4.78 is 37.3. The molecule has 116 valence electrons.